The Morgan fingerprint density at radius 1 is 1.25 bits per heavy atom. The predicted molar refractivity (Wildman–Crippen MR) is 96.1 cm³/mol. The first-order valence-corrected chi connectivity index (χ1v) is 8.04. The minimum atomic E-state index is -0.757. The van der Waals surface area contributed by atoms with E-state index >= 15 is 0 Å². The highest BCUT2D eigenvalue weighted by molar-refractivity contribution is 9.10. The number of ether oxygens (including phenoxy) is 1. The SMILES string of the molecule is COc1cc(Br)cc2cc(C(=O)Nc3ccccc3Cl)c(=O)oc12. The van der Waals surface area contributed by atoms with Crippen LogP contribution in [0.1, 0.15) is 10.4 Å². The minimum absolute atomic E-state index is 0.123. The molecule has 0 saturated heterocycles. The standard InChI is InChI=1S/C17H11BrClNO4/c1-23-14-8-10(18)6-9-7-11(17(22)24-15(9)14)16(21)20-13-5-3-2-4-12(13)19/h2-8H,1H3,(H,20,21). The quantitative estimate of drug-likeness (QED) is 0.649. The van der Waals surface area contributed by atoms with Crippen LogP contribution >= 0.6 is 27.5 Å². The third-order valence-electron chi connectivity index (χ3n) is 3.35. The van der Waals surface area contributed by atoms with Gasteiger partial charge in [0.05, 0.1) is 17.8 Å². The van der Waals surface area contributed by atoms with Crippen molar-refractivity contribution in [3.8, 4) is 5.75 Å². The molecule has 1 N–H and O–H groups in total. The zero-order valence-corrected chi connectivity index (χ0v) is 14.8. The molecule has 3 aromatic rings. The number of rotatable bonds is 3. The number of hydrogen-bond acceptors (Lipinski definition) is 4. The molecule has 0 aliphatic carbocycles. The van der Waals surface area contributed by atoms with Crippen molar-refractivity contribution >= 4 is 50.1 Å². The van der Waals surface area contributed by atoms with Gasteiger partial charge in [0.2, 0.25) is 0 Å². The highest BCUT2D eigenvalue weighted by Gasteiger charge is 2.17. The molecule has 0 spiro atoms. The molecule has 122 valence electrons. The Morgan fingerprint density at radius 2 is 2.00 bits per heavy atom. The lowest BCUT2D eigenvalue weighted by Crippen LogP contribution is -2.20. The van der Waals surface area contributed by atoms with Crippen molar-refractivity contribution in [1.82, 2.24) is 0 Å². The van der Waals surface area contributed by atoms with Crippen LogP contribution in [-0.4, -0.2) is 13.0 Å². The summed E-state index contributed by atoms with van der Waals surface area (Å²) in [5.74, 6) is -0.202. The Morgan fingerprint density at radius 3 is 2.71 bits per heavy atom. The van der Waals surface area contributed by atoms with Crippen molar-refractivity contribution in [3.63, 3.8) is 0 Å². The number of para-hydroxylation sites is 1. The molecule has 0 fully saturated rings. The number of benzene rings is 2. The van der Waals surface area contributed by atoms with E-state index in [1.165, 1.54) is 13.2 Å². The first kappa shape index (κ1) is 16.5. The second-order valence-corrected chi connectivity index (χ2v) is 6.23. The van der Waals surface area contributed by atoms with Crippen LogP contribution in [0.3, 0.4) is 0 Å². The zero-order valence-electron chi connectivity index (χ0n) is 12.4. The van der Waals surface area contributed by atoms with Crippen molar-refractivity contribution in [2.45, 2.75) is 0 Å². The Balaban J connectivity index is 2.06. The van der Waals surface area contributed by atoms with Gasteiger partial charge >= 0.3 is 5.63 Å². The fraction of sp³-hybridized carbons (Fsp3) is 0.0588. The monoisotopic (exact) mass is 407 g/mol. The molecule has 3 rings (SSSR count). The van der Waals surface area contributed by atoms with Crippen LogP contribution in [0.15, 0.2) is 56.1 Å². The van der Waals surface area contributed by atoms with Gasteiger partial charge in [0.15, 0.2) is 11.3 Å². The summed E-state index contributed by atoms with van der Waals surface area (Å²) in [7, 11) is 1.47. The normalized spacial score (nSPS) is 10.6. The highest BCUT2D eigenvalue weighted by Crippen LogP contribution is 2.29. The molecule has 0 unspecified atom stereocenters. The fourth-order valence-corrected chi connectivity index (χ4v) is 2.87. The van der Waals surface area contributed by atoms with Gasteiger partial charge in [0.25, 0.3) is 5.91 Å². The molecule has 1 heterocycles. The van der Waals surface area contributed by atoms with Gasteiger partial charge < -0.3 is 14.5 Å². The number of methoxy groups -OCH3 is 1. The van der Waals surface area contributed by atoms with Crippen molar-refractivity contribution in [2.75, 3.05) is 12.4 Å². The third kappa shape index (κ3) is 3.16. The zero-order chi connectivity index (χ0) is 17.3. The van der Waals surface area contributed by atoms with Crippen molar-refractivity contribution in [1.29, 1.82) is 0 Å². The van der Waals surface area contributed by atoms with Gasteiger partial charge in [-0.2, -0.15) is 0 Å². The van der Waals surface area contributed by atoms with E-state index in [4.69, 9.17) is 20.8 Å². The highest BCUT2D eigenvalue weighted by atomic mass is 79.9. The maximum atomic E-state index is 12.4. The first-order valence-electron chi connectivity index (χ1n) is 6.87. The van der Waals surface area contributed by atoms with E-state index in [0.717, 1.165) is 4.47 Å². The fourth-order valence-electron chi connectivity index (χ4n) is 2.23. The maximum Gasteiger partial charge on any atom is 0.349 e. The predicted octanol–water partition coefficient (Wildman–Crippen LogP) is 4.47. The Labute approximate surface area is 150 Å². The molecule has 0 bridgehead atoms. The summed E-state index contributed by atoms with van der Waals surface area (Å²) < 4.78 is 11.2. The van der Waals surface area contributed by atoms with Crippen LogP contribution < -0.4 is 15.7 Å². The van der Waals surface area contributed by atoms with Gasteiger partial charge in [0.1, 0.15) is 5.56 Å². The van der Waals surface area contributed by atoms with Crippen LogP contribution in [0.25, 0.3) is 11.0 Å². The van der Waals surface area contributed by atoms with E-state index in [2.05, 4.69) is 21.2 Å². The van der Waals surface area contributed by atoms with Crippen LogP contribution in [0.5, 0.6) is 5.75 Å². The third-order valence-corrected chi connectivity index (χ3v) is 4.14. The van der Waals surface area contributed by atoms with Crippen molar-refractivity contribution in [2.24, 2.45) is 0 Å². The van der Waals surface area contributed by atoms with E-state index in [9.17, 15) is 9.59 Å². The lowest BCUT2D eigenvalue weighted by Gasteiger charge is -2.08. The van der Waals surface area contributed by atoms with Crippen LogP contribution in [0.4, 0.5) is 5.69 Å². The molecule has 0 radical (unpaired) electrons. The molecule has 0 aliphatic heterocycles. The molecular weight excluding hydrogens is 398 g/mol. The number of carbonyl (C=O) groups excluding carboxylic acids is 1. The second-order valence-electron chi connectivity index (χ2n) is 4.91. The van der Waals surface area contributed by atoms with E-state index in [0.29, 0.717) is 21.8 Å². The van der Waals surface area contributed by atoms with Gasteiger partial charge in [-0.1, -0.05) is 39.7 Å². The molecular formula is C17H11BrClNO4. The Kier molecular flexibility index (Phi) is 4.59. The molecule has 2 aromatic carbocycles. The molecule has 7 heteroatoms. The van der Waals surface area contributed by atoms with Gasteiger partial charge in [-0.15, -0.1) is 0 Å². The number of hydrogen-bond donors (Lipinski definition) is 1. The molecule has 0 aliphatic rings. The summed E-state index contributed by atoms with van der Waals surface area (Å²) in [5.41, 5.74) is -0.189. The number of halogens is 2. The van der Waals surface area contributed by atoms with Crippen molar-refractivity contribution in [3.05, 3.63) is 67.9 Å². The van der Waals surface area contributed by atoms with E-state index in [1.807, 2.05) is 0 Å². The summed E-state index contributed by atoms with van der Waals surface area (Å²) in [6.45, 7) is 0. The number of carbonyl (C=O) groups is 1. The molecule has 0 saturated carbocycles. The van der Waals surface area contributed by atoms with Gasteiger partial charge in [-0.25, -0.2) is 4.79 Å². The van der Waals surface area contributed by atoms with Crippen LogP contribution in [0.2, 0.25) is 5.02 Å². The summed E-state index contributed by atoms with van der Waals surface area (Å²) in [4.78, 5) is 24.6. The summed E-state index contributed by atoms with van der Waals surface area (Å²) in [6, 6.07) is 11.6. The van der Waals surface area contributed by atoms with Crippen LogP contribution in [0, 0.1) is 0 Å². The second kappa shape index (κ2) is 6.67. The lowest BCUT2D eigenvalue weighted by atomic mass is 10.1. The van der Waals surface area contributed by atoms with E-state index < -0.39 is 11.5 Å². The van der Waals surface area contributed by atoms with Gasteiger partial charge in [0, 0.05) is 9.86 Å². The van der Waals surface area contributed by atoms with Gasteiger partial charge in [-0.3, -0.25) is 4.79 Å². The number of anilines is 1. The molecule has 24 heavy (non-hydrogen) atoms. The molecule has 5 nitrogen and oxygen atoms in total. The minimum Gasteiger partial charge on any atom is -0.493 e. The number of fused-ring (bicyclic) bond motifs is 1. The Hall–Kier alpha value is -2.31. The first-order chi connectivity index (χ1) is 11.5. The van der Waals surface area contributed by atoms with Crippen molar-refractivity contribution < 1.29 is 13.9 Å². The molecule has 1 aromatic heterocycles. The number of nitrogens with one attached hydrogen (secondary N) is 1. The number of amides is 1. The summed E-state index contributed by atoms with van der Waals surface area (Å²) in [5, 5.41) is 3.54. The topological polar surface area (TPSA) is 68.5 Å². The Bertz CT molecular complexity index is 1000. The molecule has 0 atom stereocenters. The average Bonchev–Trinajstić information content (AvgIpc) is 2.56. The lowest BCUT2D eigenvalue weighted by molar-refractivity contribution is 0.102. The van der Waals surface area contributed by atoms with Gasteiger partial charge in [-0.05, 0) is 30.3 Å². The summed E-state index contributed by atoms with van der Waals surface area (Å²) >= 11 is 9.36. The smallest absolute Gasteiger partial charge is 0.349 e. The van der Waals surface area contributed by atoms with Crippen LogP contribution in [-0.2, 0) is 0 Å². The molecule has 1 amide bonds. The average molecular weight is 409 g/mol. The van der Waals surface area contributed by atoms with E-state index in [1.54, 1.807) is 36.4 Å². The summed E-state index contributed by atoms with van der Waals surface area (Å²) in [6.07, 6.45) is 0. The van der Waals surface area contributed by atoms with E-state index in [-0.39, 0.29) is 11.1 Å². The largest absolute Gasteiger partial charge is 0.493 e. The maximum absolute atomic E-state index is 12.4.